The first-order chi connectivity index (χ1) is 9.63. The fourth-order valence-corrected chi connectivity index (χ4v) is 2.02. The normalized spacial score (nSPS) is 10.7. The number of anilines is 2. The van der Waals surface area contributed by atoms with E-state index in [0.29, 0.717) is 22.0 Å². The first-order valence-corrected chi connectivity index (χ1v) is 6.31. The minimum atomic E-state index is -0.243. The molecule has 0 unspecified atom stereocenters. The van der Waals surface area contributed by atoms with E-state index < -0.39 is 0 Å². The molecule has 4 N–H and O–H groups in total. The van der Waals surface area contributed by atoms with Gasteiger partial charge in [0.2, 0.25) is 0 Å². The zero-order valence-electron chi connectivity index (χ0n) is 10.4. The van der Waals surface area contributed by atoms with Crippen molar-refractivity contribution >= 4 is 39.8 Å². The van der Waals surface area contributed by atoms with Gasteiger partial charge in [0.05, 0.1) is 22.4 Å². The summed E-state index contributed by atoms with van der Waals surface area (Å²) in [4.78, 5) is 12.1. The Morgan fingerprint density at radius 3 is 2.90 bits per heavy atom. The minimum absolute atomic E-state index is 0.243. The molecule has 2 aromatic carbocycles. The van der Waals surface area contributed by atoms with Crippen LogP contribution in [-0.4, -0.2) is 16.1 Å². The maximum atomic E-state index is 12.1. The van der Waals surface area contributed by atoms with Crippen molar-refractivity contribution < 1.29 is 4.79 Å². The predicted molar refractivity (Wildman–Crippen MR) is 79.9 cm³/mol. The lowest BCUT2D eigenvalue weighted by atomic mass is 10.1. The molecule has 1 amide bonds. The van der Waals surface area contributed by atoms with Crippen molar-refractivity contribution in [1.29, 1.82) is 0 Å². The second-order valence-electron chi connectivity index (χ2n) is 4.36. The predicted octanol–water partition coefficient (Wildman–Crippen LogP) is 3.05. The maximum Gasteiger partial charge on any atom is 0.255 e. The van der Waals surface area contributed by atoms with Crippen LogP contribution in [-0.2, 0) is 0 Å². The third-order valence-corrected chi connectivity index (χ3v) is 3.30. The van der Waals surface area contributed by atoms with Crippen LogP contribution in [0, 0.1) is 0 Å². The van der Waals surface area contributed by atoms with Gasteiger partial charge in [0, 0.05) is 16.6 Å². The van der Waals surface area contributed by atoms with Gasteiger partial charge < -0.3 is 11.1 Å². The van der Waals surface area contributed by atoms with E-state index in [9.17, 15) is 4.79 Å². The Morgan fingerprint density at radius 1 is 1.25 bits per heavy atom. The molecule has 0 radical (unpaired) electrons. The minimum Gasteiger partial charge on any atom is -0.398 e. The molecule has 5 nitrogen and oxygen atoms in total. The molecule has 3 rings (SSSR count). The van der Waals surface area contributed by atoms with Crippen molar-refractivity contribution in [3.8, 4) is 0 Å². The zero-order valence-corrected chi connectivity index (χ0v) is 11.1. The average Bonchev–Trinajstić information content (AvgIpc) is 2.89. The van der Waals surface area contributed by atoms with Gasteiger partial charge in [-0.15, -0.1) is 0 Å². The molecule has 0 bridgehead atoms. The number of nitrogens with one attached hydrogen (secondary N) is 2. The van der Waals surface area contributed by atoms with Crippen LogP contribution in [0.2, 0.25) is 5.02 Å². The Balaban J connectivity index is 1.85. The summed E-state index contributed by atoms with van der Waals surface area (Å²) < 4.78 is 0. The lowest BCUT2D eigenvalue weighted by Gasteiger charge is -2.06. The lowest BCUT2D eigenvalue weighted by molar-refractivity contribution is 0.102. The fourth-order valence-electron chi connectivity index (χ4n) is 1.90. The van der Waals surface area contributed by atoms with E-state index in [2.05, 4.69) is 15.5 Å². The van der Waals surface area contributed by atoms with Gasteiger partial charge in [0.1, 0.15) is 0 Å². The molecule has 6 heteroatoms. The molecule has 0 aliphatic heterocycles. The number of hydrogen-bond donors (Lipinski definition) is 3. The third kappa shape index (κ3) is 2.31. The highest BCUT2D eigenvalue weighted by molar-refractivity contribution is 6.33. The number of carbonyl (C=O) groups excluding carboxylic acids is 1. The average molecular weight is 287 g/mol. The van der Waals surface area contributed by atoms with E-state index in [1.807, 2.05) is 18.2 Å². The molecule has 3 aromatic rings. The number of benzene rings is 2. The van der Waals surface area contributed by atoms with Crippen molar-refractivity contribution in [3.63, 3.8) is 0 Å². The molecular weight excluding hydrogens is 276 g/mol. The van der Waals surface area contributed by atoms with Gasteiger partial charge in [-0.2, -0.15) is 5.10 Å². The number of rotatable bonds is 2. The van der Waals surface area contributed by atoms with Gasteiger partial charge in [-0.3, -0.25) is 9.89 Å². The van der Waals surface area contributed by atoms with E-state index in [1.54, 1.807) is 24.4 Å². The van der Waals surface area contributed by atoms with Gasteiger partial charge in [-0.25, -0.2) is 0 Å². The summed E-state index contributed by atoms with van der Waals surface area (Å²) in [6.07, 6.45) is 1.72. The van der Waals surface area contributed by atoms with Crippen LogP contribution in [0.1, 0.15) is 10.4 Å². The molecule has 1 aromatic heterocycles. The first-order valence-electron chi connectivity index (χ1n) is 5.93. The van der Waals surface area contributed by atoms with Crippen molar-refractivity contribution in [1.82, 2.24) is 10.2 Å². The number of aromatic nitrogens is 2. The second-order valence-corrected chi connectivity index (χ2v) is 4.77. The molecule has 0 spiro atoms. The molecule has 20 heavy (non-hydrogen) atoms. The van der Waals surface area contributed by atoms with Crippen LogP contribution in [0.3, 0.4) is 0 Å². The van der Waals surface area contributed by atoms with Crippen LogP contribution in [0.4, 0.5) is 11.4 Å². The summed E-state index contributed by atoms with van der Waals surface area (Å²) in [6.45, 7) is 0. The summed E-state index contributed by atoms with van der Waals surface area (Å²) in [5.41, 5.74) is 8.06. The number of aromatic amines is 1. The van der Waals surface area contributed by atoms with Crippen molar-refractivity contribution in [3.05, 3.63) is 53.2 Å². The molecule has 100 valence electrons. The number of nitrogen functional groups attached to an aromatic ring is 1. The van der Waals surface area contributed by atoms with Crippen molar-refractivity contribution in [2.24, 2.45) is 0 Å². The fraction of sp³-hybridized carbons (Fsp3) is 0. The number of hydrogen-bond acceptors (Lipinski definition) is 3. The maximum absolute atomic E-state index is 12.1. The summed E-state index contributed by atoms with van der Waals surface area (Å²) in [6, 6.07) is 10.3. The molecule has 0 saturated heterocycles. The number of amides is 1. The van der Waals surface area contributed by atoms with E-state index in [1.165, 1.54) is 0 Å². The standard InChI is InChI=1S/C14H11ClN4O/c15-11-4-2-8(5-12(11)16)14(20)18-10-3-1-9-7-17-19-13(9)6-10/h1-7H,16H2,(H,17,19)(H,18,20). The Morgan fingerprint density at radius 2 is 2.10 bits per heavy atom. The topological polar surface area (TPSA) is 83.8 Å². The highest BCUT2D eigenvalue weighted by Gasteiger charge is 2.08. The number of nitrogens with two attached hydrogens (primary N) is 1. The summed E-state index contributed by atoms with van der Waals surface area (Å²) in [7, 11) is 0. The zero-order chi connectivity index (χ0) is 14.1. The van der Waals surface area contributed by atoms with Crippen LogP contribution in [0.5, 0.6) is 0 Å². The highest BCUT2D eigenvalue weighted by atomic mass is 35.5. The Hall–Kier alpha value is -2.53. The largest absolute Gasteiger partial charge is 0.398 e. The number of carbonyl (C=O) groups is 1. The van der Waals surface area contributed by atoms with E-state index in [0.717, 1.165) is 10.9 Å². The Bertz CT molecular complexity index is 797. The van der Waals surface area contributed by atoms with Gasteiger partial charge >= 0.3 is 0 Å². The van der Waals surface area contributed by atoms with Gasteiger partial charge in [0.25, 0.3) is 5.91 Å². The van der Waals surface area contributed by atoms with Crippen molar-refractivity contribution in [2.45, 2.75) is 0 Å². The molecular formula is C14H11ClN4O. The second kappa shape index (κ2) is 4.86. The molecule has 0 saturated carbocycles. The molecule has 0 fully saturated rings. The van der Waals surface area contributed by atoms with Crippen molar-refractivity contribution in [2.75, 3.05) is 11.1 Å². The van der Waals surface area contributed by atoms with Gasteiger partial charge in [-0.05, 0) is 36.4 Å². The molecule has 0 aliphatic rings. The molecule has 0 aliphatic carbocycles. The highest BCUT2D eigenvalue weighted by Crippen LogP contribution is 2.21. The van der Waals surface area contributed by atoms with E-state index in [4.69, 9.17) is 17.3 Å². The number of nitrogens with zero attached hydrogens (tertiary/aromatic N) is 1. The van der Waals surface area contributed by atoms with Crippen LogP contribution >= 0.6 is 11.6 Å². The smallest absolute Gasteiger partial charge is 0.255 e. The first kappa shape index (κ1) is 12.5. The Kier molecular flexibility index (Phi) is 3.04. The third-order valence-electron chi connectivity index (χ3n) is 2.96. The number of H-pyrrole nitrogens is 1. The monoisotopic (exact) mass is 286 g/mol. The van der Waals surface area contributed by atoms with E-state index >= 15 is 0 Å². The SMILES string of the molecule is Nc1cc(C(=O)Nc2ccc3cn[nH]c3c2)ccc1Cl. The summed E-state index contributed by atoms with van der Waals surface area (Å²) >= 11 is 5.83. The molecule has 1 heterocycles. The Labute approximate surface area is 119 Å². The lowest BCUT2D eigenvalue weighted by Crippen LogP contribution is -2.12. The van der Waals surface area contributed by atoms with Crippen LogP contribution in [0.15, 0.2) is 42.6 Å². The quantitative estimate of drug-likeness (QED) is 0.633. The van der Waals surface area contributed by atoms with E-state index in [-0.39, 0.29) is 5.91 Å². The summed E-state index contributed by atoms with van der Waals surface area (Å²) in [5.74, 6) is -0.243. The van der Waals surface area contributed by atoms with Gasteiger partial charge in [0.15, 0.2) is 0 Å². The summed E-state index contributed by atoms with van der Waals surface area (Å²) in [5, 5.41) is 11.0. The van der Waals surface area contributed by atoms with Crippen LogP contribution < -0.4 is 11.1 Å². The number of fused-ring (bicyclic) bond motifs is 1. The van der Waals surface area contributed by atoms with Crippen LogP contribution in [0.25, 0.3) is 10.9 Å². The number of halogens is 1. The molecule has 0 atom stereocenters. The van der Waals surface area contributed by atoms with Gasteiger partial charge in [-0.1, -0.05) is 11.6 Å².